The normalized spacial score (nSPS) is 24.6. The van der Waals surface area contributed by atoms with E-state index in [1.54, 1.807) is 35.6 Å². The fourth-order valence-corrected chi connectivity index (χ4v) is 5.19. The number of ether oxygens (including phenoxy) is 2. The van der Waals surface area contributed by atoms with E-state index in [1.165, 1.54) is 12.1 Å². The van der Waals surface area contributed by atoms with Crippen LogP contribution in [0.3, 0.4) is 0 Å². The van der Waals surface area contributed by atoms with Crippen LogP contribution in [-0.2, 0) is 20.4 Å². The topological polar surface area (TPSA) is 132 Å². The number of halogens is 3. The van der Waals surface area contributed by atoms with E-state index in [2.05, 4.69) is 15.3 Å². The zero-order valence-electron chi connectivity index (χ0n) is 22.5. The Bertz CT molecular complexity index is 1560. The Morgan fingerprint density at radius 2 is 1.95 bits per heavy atom. The monoisotopic (exact) mass is 582 g/mol. The maximum absolute atomic E-state index is 13.1. The highest BCUT2D eigenvalue weighted by molar-refractivity contribution is 6.05. The number of nitrogens with two attached hydrogens (primary N) is 1. The number of quaternary nitrogens is 1. The van der Waals surface area contributed by atoms with Crippen molar-refractivity contribution in [3.8, 4) is 0 Å². The number of amidine groups is 1. The molecule has 2 atom stereocenters. The van der Waals surface area contributed by atoms with E-state index in [-0.39, 0.29) is 21.9 Å². The fourth-order valence-electron chi connectivity index (χ4n) is 5.19. The number of anilines is 1. The number of hydrogen-bond donors (Lipinski definition) is 2. The predicted molar refractivity (Wildman–Crippen MR) is 145 cm³/mol. The number of carbonyl (C=O) groups is 2. The van der Waals surface area contributed by atoms with Crippen molar-refractivity contribution in [2.45, 2.75) is 19.2 Å². The van der Waals surface area contributed by atoms with E-state index in [0.29, 0.717) is 55.7 Å². The molecule has 42 heavy (non-hydrogen) atoms. The molecule has 0 aliphatic carbocycles. The first-order valence-corrected chi connectivity index (χ1v) is 13.1. The molecule has 5 heterocycles. The number of amides is 2. The van der Waals surface area contributed by atoms with Crippen molar-refractivity contribution in [3.63, 3.8) is 0 Å². The Morgan fingerprint density at radius 3 is 2.64 bits per heavy atom. The molecular formula is C28H27F3N7O4+. The van der Waals surface area contributed by atoms with E-state index in [0.717, 1.165) is 18.3 Å². The van der Waals surface area contributed by atoms with Crippen LogP contribution in [0.1, 0.15) is 28.4 Å². The summed E-state index contributed by atoms with van der Waals surface area (Å²) in [6.45, 7) is 3.74. The Labute approximate surface area is 238 Å². The molecule has 1 aromatic carbocycles. The summed E-state index contributed by atoms with van der Waals surface area (Å²) in [6.07, 6.45) is 0.715. The van der Waals surface area contributed by atoms with Gasteiger partial charge in [0.25, 0.3) is 11.7 Å². The van der Waals surface area contributed by atoms with Crippen molar-refractivity contribution in [1.82, 2.24) is 9.88 Å². The highest BCUT2D eigenvalue weighted by Gasteiger charge is 2.49. The number of aromatic nitrogens is 1. The van der Waals surface area contributed by atoms with Gasteiger partial charge >= 0.3 is 6.18 Å². The van der Waals surface area contributed by atoms with Crippen molar-refractivity contribution in [2.24, 2.45) is 21.2 Å². The summed E-state index contributed by atoms with van der Waals surface area (Å²) in [5.74, 6) is 6.42. The van der Waals surface area contributed by atoms with Crippen LogP contribution in [-0.4, -0.2) is 77.4 Å². The largest absolute Gasteiger partial charge is 0.416 e. The molecule has 0 spiro atoms. The third kappa shape index (κ3) is 4.91. The molecule has 2 amide bonds. The summed E-state index contributed by atoms with van der Waals surface area (Å²) in [7, 11) is 0. The molecule has 14 heteroatoms. The lowest BCUT2D eigenvalue weighted by Crippen LogP contribution is -2.57. The Hall–Kier alpha value is -4.24. The number of rotatable bonds is 5. The van der Waals surface area contributed by atoms with Gasteiger partial charge in [-0.3, -0.25) is 14.6 Å². The third-order valence-electron chi connectivity index (χ3n) is 7.57. The molecule has 0 radical (unpaired) electrons. The number of nitrogens with one attached hydrogen (secondary N) is 1. The first-order chi connectivity index (χ1) is 20.0. The van der Waals surface area contributed by atoms with Gasteiger partial charge in [0.2, 0.25) is 11.6 Å². The third-order valence-corrected chi connectivity index (χ3v) is 7.57. The van der Waals surface area contributed by atoms with Gasteiger partial charge in [0.1, 0.15) is 23.8 Å². The minimum Gasteiger partial charge on any atom is -0.379 e. The van der Waals surface area contributed by atoms with Gasteiger partial charge in [-0.05, 0) is 43.3 Å². The SMILES string of the molecule is CC1(C(=O)N2CCO[C@H](C3=C4C=NC=C[N+]4(N)C(c4ccc(C(=O)Nc5cc(C(F)(F)F)ccn5)cc4)=N3)C2)COC1. The summed E-state index contributed by atoms with van der Waals surface area (Å²) in [4.78, 5) is 40.6. The number of aliphatic imine (C=N–C) groups is 2. The van der Waals surface area contributed by atoms with Gasteiger partial charge < -0.3 is 19.7 Å². The molecule has 218 valence electrons. The molecule has 1 unspecified atom stereocenters. The number of benzene rings is 1. The standard InChI is InChI=1S/C28H26F3N7O4/c1-27(15-41-16-27)26(40)37-9-11-42-21(14-37)23-20-13-33-8-10-38(20,32)24(36-23)17-2-4-18(5-3-17)25(39)35-22-12-19(6-7-34-22)28(29,30)31/h2-8,10,12-13,21H,9,11,14-16,32H2,1H3/p+1/t21-,38?/m0/s1. The molecule has 0 saturated carbocycles. The Balaban J connectivity index is 1.23. The summed E-state index contributed by atoms with van der Waals surface area (Å²) in [6, 6.07) is 7.93. The number of hydrogen-bond acceptors (Lipinski definition) is 8. The lowest BCUT2D eigenvalue weighted by molar-refractivity contribution is -0.750. The van der Waals surface area contributed by atoms with Gasteiger partial charge in [-0.25, -0.2) is 4.98 Å². The maximum Gasteiger partial charge on any atom is 0.416 e. The molecule has 2 aromatic rings. The molecule has 6 rings (SSSR count). The predicted octanol–water partition coefficient (Wildman–Crippen LogP) is 2.83. The minimum absolute atomic E-state index is 0.00903. The zero-order chi connectivity index (χ0) is 29.7. The summed E-state index contributed by atoms with van der Waals surface area (Å²) >= 11 is 0. The first-order valence-electron chi connectivity index (χ1n) is 13.1. The summed E-state index contributed by atoms with van der Waals surface area (Å²) < 4.78 is 50.1. The van der Waals surface area contributed by atoms with E-state index in [4.69, 9.17) is 20.3 Å². The maximum atomic E-state index is 13.1. The molecule has 2 saturated heterocycles. The number of pyridine rings is 1. The average molecular weight is 583 g/mol. The minimum atomic E-state index is -4.56. The second kappa shape index (κ2) is 10.2. The van der Waals surface area contributed by atoms with E-state index < -0.39 is 29.2 Å². The van der Waals surface area contributed by atoms with Crippen molar-refractivity contribution in [2.75, 3.05) is 38.2 Å². The van der Waals surface area contributed by atoms with Crippen molar-refractivity contribution in [3.05, 3.63) is 83.1 Å². The van der Waals surface area contributed by atoms with Crippen molar-refractivity contribution >= 4 is 29.7 Å². The number of carbonyl (C=O) groups excluding carboxylic acids is 2. The van der Waals surface area contributed by atoms with Crippen LogP contribution in [0.2, 0.25) is 0 Å². The molecule has 4 aliphatic rings. The summed E-state index contributed by atoms with van der Waals surface area (Å²) in [5, 5.41) is 2.39. The fraction of sp³-hybridized carbons (Fsp3) is 0.321. The van der Waals surface area contributed by atoms with Gasteiger partial charge in [-0.1, -0.05) is 0 Å². The molecule has 2 fully saturated rings. The number of allylic oxidation sites excluding steroid dienone is 1. The van der Waals surface area contributed by atoms with Crippen LogP contribution in [0.15, 0.2) is 76.4 Å². The van der Waals surface area contributed by atoms with Crippen LogP contribution in [0.25, 0.3) is 0 Å². The van der Waals surface area contributed by atoms with Crippen LogP contribution in [0, 0.1) is 5.41 Å². The molecule has 11 nitrogen and oxygen atoms in total. The lowest BCUT2D eigenvalue weighted by Gasteiger charge is -2.42. The van der Waals surface area contributed by atoms with E-state index >= 15 is 0 Å². The Morgan fingerprint density at radius 1 is 1.19 bits per heavy atom. The Kier molecular flexibility index (Phi) is 6.80. The van der Waals surface area contributed by atoms with Crippen molar-refractivity contribution < 1.29 is 36.8 Å². The van der Waals surface area contributed by atoms with Gasteiger partial charge in [0, 0.05) is 18.3 Å². The van der Waals surface area contributed by atoms with Crippen LogP contribution in [0.5, 0.6) is 0 Å². The van der Waals surface area contributed by atoms with E-state index in [1.807, 2.05) is 6.92 Å². The second-order valence-corrected chi connectivity index (χ2v) is 10.7. The molecule has 0 bridgehead atoms. The van der Waals surface area contributed by atoms with Gasteiger partial charge in [0.15, 0.2) is 0 Å². The quantitative estimate of drug-likeness (QED) is 0.412. The number of nitrogens with zero attached hydrogens (tertiary/aromatic N) is 5. The van der Waals surface area contributed by atoms with Crippen LogP contribution in [0.4, 0.5) is 19.0 Å². The van der Waals surface area contributed by atoms with Crippen LogP contribution < -0.4 is 11.2 Å². The van der Waals surface area contributed by atoms with Gasteiger partial charge in [0.05, 0.1) is 55.3 Å². The molecule has 1 aromatic heterocycles. The molecule has 3 N–H and O–H groups in total. The highest BCUT2D eigenvalue weighted by atomic mass is 19.4. The molecular weight excluding hydrogens is 555 g/mol. The molecule has 4 aliphatic heterocycles. The van der Waals surface area contributed by atoms with E-state index in [9.17, 15) is 22.8 Å². The number of alkyl halides is 3. The highest BCUT2D eigenvalue weighted by Crippen LogP contribution is 2.36. The smallest absolute Gasteiger partial charge is 0.379 e. The van der Waals surface area contributed by atoms with Crippen LogP contribution >= 0.6 is 0 Å². The number of morpholine rings is 1. The lowest BCUT2D eigenvalue weighted by atomic mass is 9.86. The number of fused-ring (bicyclic) bond motifs is 1. The summed E-state index contributed by atoms with van der Waals surface area (Å²) in [5.41, 5.74) is 0.465. The van der Waals surface area contributed by atoms with Gasteiger partial charge in [-0.15, -0.1) is 4.59 Å². The first kappa shape index (κ1) is 27.9. The average Bonchev–Trinajstić information content (AvgIpc) is 3.28. The van der Waals surface area contributed by atoms with Crippen molar-refractivity contribution in [1.29, 1.82) is 0 Å². The zero-order valence-corrected chi connectivity index (χ0v) is 22.5. The van der Waals surface area contributed by atoms with Gasteiger partial charge in [-0.2, -0.15) is 24.0 Å². The second-order valence-electron chi connectivity index (χ2n) is 10.7.